The number of ketones is 1. The normalized spacial score (nSPS) is 12.0. The fourth-order valence-corrected chi connectivity index (χ4v) is 3.89. The molecule has 0 aliphatic heterocycles. The second-order valence-corrected chi connectivity index (χ2v) is 7.53. The molecule has 25 heavy (non-hydrogen) atoms. The Morgan fingerprint density at radius 2 is 1.92 bits per heavy atom. The number of esters is 1. The molecule has 4 nitrogen and oxygen atoms in total. The molecule has 1 aromatic carbocycles. The van der Waals surface area contributed by atoms with Gasteiger partial charge in [0, 0.05) is 10.9 Å². The molecule has 3 rings (SSSR count). The summed E-state index contributed by atoms with van der Waals surface area (Å²) in [6.45, 7) is 5.52. The Morgan fingerprint density at radius 1 is 1.12 bits per heavy atom. The first-order valence-electron chi connectivity index (χ1n) is 7.77. The third-order valence-electron chi connectivity index (χ3n) is 3.89. The van der Waals surface area contributed by atoms with E-state index < -0.39 is 12.1 Å². The van der Waals surface area contributed by atoms with Gasteiger partial charge in [-0.15, -0.1) is 22.7 Å². The summed E-state index contributed by atoms with van der Waals surface area (Å²) in [4.78, 5) is 30.1. The zero-order valence-electron chi connectivity index (χ0n) is 14.1. The monoisotopic (exact) mass is 371 g/mol. The number of nitrogens with zero attached hydrogens (tertiary/aromatic N) is 1. The van der Waals surface area contributed by atoms with Gasteiger partial charge >= 0.3 is 5.97 Å². The molecule has 0 fully saturated rings. The molecule has 0 saturated carbocycles. The number of carbonyl (C=O) groups excluding carboxylic acids is 2. The van der Waals surface area contributed by atoms with Gasteiger partial charge in [0.25, 0.3) is 0 Å². The van der Waals surface area contributed by atoms with Crippen molar-refractivity contribution < 1.29 is 14.3 Å². The number of rotatable bonds is 5. The standard InChI is InChI=1S/C19H17NO3S2/c1-11-6-7-14(9-12(11)2)17(21)13(3)23-19(22)15-10-25-18(20-15)16-5-4-8-24-16/h4-10,13H,1-3H3/t13-/m0/s1. The SMILES string of the molecule is Cc1ccc(C(=O)[C@H](C)OC(=O)c2csc(-c3cccs3)n2)cc1C. The second kappa shape index (κ2) is 7.29. The summed E-state index contributed by atoms with van der Waals surface area (Å²) in [5.74, 6) is -0.797. The smallest absolute Gasteiger partial charge is 0.358 e. The second-order valence-electron chi connectivity index (χ2n) is 5.73. The van der Waals surface area contributed by atoms with Gasteiger partial charge in [-0.1, -0.05) is 18.2 Å². The Bertz CT molecular complexity index is 913. The van der Waals surface area contributed by atoms with E-state index in [0.29, 0.717) is 5.56 Å². The van der Waals surface area contributed by atoms with Gasteiger partial charge in [-0.2, -0.15) is 0 Å². The maximum Gasteiger partial charge on any atom is 0.358 e. The van der Waals surface area contributed by atoms with Crippen LogP contribution in [0.1, 0.15) is 38.9 Å². The summed E-state index contributed by atoms with van der Waals surface area (Å²) < 4.78 is 5.31. The molecule has 0 aliphatic carbocycles. The summed E-state index contributed by atoms with van der Waals surface area (Å²) in [5.41, 5.74) is 2.92. The van der Waals surface area contributed by atoms with E-state index in [2.05, 4.69) is 4.98 Å². The fraction of sp³-hybridized carbons (Fsp3) is 0.211. The highest BCUT2D eigenvalue weighted by Gasteiger charge is 2.22. The minimum atomic E-state index is -0.860. The molecule has 3 aromatic rings. The van der Waals surface area contributed by atoms with Crippen molar-refractivity contribution in [3.63, 3.8) is 0 Å². The molecule has 1 atom stereocenters. The van der Waals surface area contributed by atoms with Crippen LogP contribution in [0.4, 0.5) is 0 Å². The van der Waals surface area contributed by atoms with Gasteiger partial charge in [0.1, 0.15) is 5.01 Å². The van der Waals surface area contributed by atoms with Crippen molar-refractivity contribution in [1.29, 1.82) is 0 Å². The van der Waals surface area contributed by atoms with E-state index in [1.54, 1.807) is 29.7 Å². The predicted molar refractivity (Wildman–Crippen MR) is 101 cm³/mol. The molecule has 0 N–H and O–H groups in total. The van der Waals surface area contributed by atoms with E-state index in [0.717, 1.165) is 21.0 Å². The van der Waals surface area contributed by atoms with Crippen molar-refractivity contribution in [2.75, 3.05) is 0 Å². The molecule has 0 bridgehead atoms. The first-order chi connectivity index (χ1) is 12.0. The molecular weight excluding hydrogens is 354 g/mol. The predicted octanol–water partition coefficient (Wildman–Crippen LogP) is 4.92. The quantitative estimate of drug-likeness (QED) is 0.472. The highest BCUT2D eigenvalue weighted by atomic mass is 32.1. The number of thiazole rings is 1. The van der Waals surface area contributed by atoms with Crippen molar-refractivity contribution in [2.45, 2.75) is 26.9 Å². The number of benzene rings is 1. The van der Waals surface area contributed by atoms with Crippen LogP contribution in [0, 0.1) is 13.8 Å². The molecule has 6 heteroatoms. The highest BCUT2D eigenvalue weighted by Crippen LogP contribution is 2.28. The molecule has 0 aliphatic rings. The van der Waals surface area contributed by atoms with Crippen LogP contribution >= 0.6 is 22.7 Å². The molecule has 0 radical (unpaired) electrons. The zero-order valence-corrected chi connectivity index (χ0v) is 15.7. The lowest BCUT2D eigenvalue weighted by atomic mass is 10.0. The van der Waals surface area contributed by atoms with E-state index in [-0.39, 0.29) is 11.5 Å². The van der Waals surface area contributed by atoms with Crippen molar-refractivity contribution in [1.82, 2.24) is 4.98 Å². The van der Waals surface area contributed by atoms with Crippen LogP contribution in [-0.4, -0.2) is 22.8 Å². The Kier molecular flexibility index (Phi) is 5.11. The number of hydrogen-bond acceptors (Lipinski definition) is 6. The number of Topliss-reactive ketones (excluding diaryl/α,β-unsaturated/α-hetero) is 1. The van der Waals surface area contributed by atoms with Crippen molar-refractivity contribution in [2.24, 2.45) is 0 Å². The molecule has 2 heterocycles. The molecule has 0 amide bonds. The van der Waals surface area contributed by atoms with E-state index in [9.17, 15) is 9.59 Å². The van der Waals surface area contributed by atoms with Crippen LogP contribution in [0.15, 0.2) is 41.1 Å². The first kappa shape index (κ1) is 17.5. The van der Waals surface area contributed by atoms with Gasteiger partial charge in [0.15, 0.2) is 11.8 Å². The van der Waals surface area contributed by atoms with Gasteiger partial charge in [-0.3, -0.25) is 4.79 Å². The molecule has 0 saturated heterocycles. The lowest BCUT2D eigenvalue weighted by molar-refractivity contribution is 0.0314. The number of thiophene rings is 1. The number of carbonyl (C=O) groups is 2. The largest absolute Gasteiger partial charge is 0.450 e. The van der Waals surface area contributed by atoms with Gasteiger partial charge in [0.05, 0.1) is 4.88 Å². The van der Waals surface area contributed by atoms with Crippen LogP contribution in [0.3, 0.4) is 0 Å². The third-order valence-corrected chi connectivity index (χ3v) is 5.77. The average molecular weight is 371 g/mol. The van der Waals surface area contributed by atoms with Gasteiger partial charge in [-0.05, 0) is 49.4 Å². The van der Waals surface area contributed by atoms with Crippen LogP contribution in [0.2, 0.25) is 0 Å². The van der Waals surface area contributed by atoms with Gasteiger partial charge < -0.3 is 4.74 Å². The molecule has 0 unspecified atom stereocenters. The van der Waals surface area contributed by atoms with Gasteiger partial charge in [-0.25, -0.2) is 9.78 Å². The summed E-state index contributed by atoms with van der Waals surface area (Å²) in [5, 5.41) is 4.39. The Hall–Kier alpha value is -2.31. The van der Waals surface area contributed by atoms with Crippen molar-refractivity contribution in [3.8, 4) is 9.88 Å². The van der Waals surface area contributed by atoms with Gasteiger partial charge in [0.2, 0.25) is 5.78 Å². The molecule has 2 aromatic heterocycles. The Morgan fingerprint density at radius 3 is 2.60 bits per heavy atom. The molecular formula is C19H17NO3S2. The Labute approximate surface area is 154 Å². The third kappa shape index (κ3) is 3.86. The number of hydrogen-bond donors (Lipinski definition) is 0. The van der Waals surface area contributed by atoms with Crippen LogP contribution in [0.25, 0.3) is 9.88 Å². The minimum Gasteiger partial charge on any atom is -0.450 e. The summed E-state index contributed by atoms with van der Waals surface area (Å²) in [7, 11) is 0. The van der Waals surface area contributed by atoms with E-state index in [1.165, 1.54) is 11.3 Å². The Balaban J connectivity index is 1.69. The number of aromatic nitrogens is 1. The molecule has 0 spiro atoms. The topological polar surface area (TPSA) is 56.3 Å². The summed E-state index contributed by atoms with van der Waals surface area (Å²) in [6, 6.07) is 9.35. The summed E-state index contributed by atoms with van der Waals surface area (Å²) in [6.07, 6.45) is -0.860. The van der Waals surface area contributed by atoms with Crippen molar-refractivity contribution >= 4 is 34.4 Å². The van der Waals surface area contributed by atoms with Crippen LogP contribution in [0.5, 0.6) is 0 Å². The lowest BCUT2D eigenvalue weighted by Gasteiger charge is -2.12. The maximum atomic E-state index is 12.5. The fourth-order valence-electron chi connectivity index (χ4n) is 2.28. The van der Waals surface area contributed by atoms with Crippen molar-refractivity contribution in [3.05, 3.63) is 63.5 Å². The number of aryl methyl sites for hydroxylation is 2. The van der Waals surface area contributed by atoms with E-state index in [1.807, 2.05) is 43.5 Å². The molecule has 128 valence electrons. The number of ether oxygens (including phenoxy) is 1. The first-order valence-corrected chi connectivity index (χ1v) is 9.53. The maximum absolute atomic E-state index is 12.5. The summed E-state index contributed by atoms with van der Waals surface area (Å²) >= 11 is 2.95. The van der Waals surface area contributed by atoms with E-state index in [4.69, 9.17) is 4.74 Å². The van der Waals surface area contributed by atoms with E-state index >= 15 is 0 Å². The van der Waals surface area contributed by atoms with Crippen LogP contribution in [-0.2, 0) is 4.74 Å². The lowest BCUT2D eigenvalue weighted by Crippen LogP contribution is -2.24. The minimum absolute atomic E-state index is 0.217. The van der Waals surface area contributed by atoms with Crippen LogP contribution < -0.4 is 0 Å². The average Bonchev–Trinajstić information content (AvgIpc) is 3.27. The zero-order chi connectivity index (χ0) is 18.0. The highest BCUT2D eigenvalue weighted by molar-refractivity contribution is 7.20.